The molecule has 4 aromatic carbocycles. The normalized spacial score (nSPS) is 13.7. The number of rotatable bonds is 33. The fraction of sp³-hybridized carbons (Fsp3) is 0.421. The van der Waals surface area contributed by atoms with Crippen LogP contribution in [0.15, 0.2) is 102 Å². The largest absolute Gasteiger partial charge is 0.481 e. The van der Waals surface area contributed by atoms with E-state index in [1.54, 1.807) is 29.9 Å². The van der Waals surface area contributed by atoms with Gasteiger partial charge in [0.25, 0.3) is 0 Å². The van der Waals surface area contributed by atoms with Gasteiger partial charge in [0.15, 0.2) is 5.96 Å². The third kappa shape index (κ3) is 20.7. The minimum Gasteiger partial charge on any atom is -0.481 e. The molecule has 1 aromatic heterocycles. The minimum absolute atomic E-state index is 0.0359. The van der Waals surface area contributed by atoms with Gasteiger partial charge in [-0.05, 0) is 77.7 Å². The number of hydrogen-bond donors (Lipinski definition) is 12. The lowest BCUT2D eigenvalue weighted by Crippen LogP contribution is -2.61. The Morgan fingerprint density at radius 3 is 1.47 bits per heavy atom. The molecule has 16 N–H and O–H groups in total. The van der Waals surface area contributed by atoms with E-state index in [9.17, 15) is 48.3 Å². The van der Waals surface area contributed by atoms with Crippen molar-refractivity contribution < 1.29 is 48.3 Å². The maximum atomic E-state index is 15.0. The van der Waals surface area contributed by atoms with Crippen molar-refractivity contribution in [3.05, 3.63) is 114 Å². The average Bonchev–Trinajstić information content (AvgIpc) is 3.85. The van der Waals surface area contributed by atoms with Gasteiger partial charge >= 0.3 is 5.97 Å². The van der Waals surface area contributed by atoms with E-state index in [2.05, 4.69) is 47.2 Å². The fourth-order valence-electron chi connectivity index (χ4n) is 9.10. The van der Waals surface area contributed by atoms with Crippen molar-refractivity contribution in [1.82, 2.24) is 46.8 Å². The van der Waals surface area contributed by atoms with Gasteiger partial charge in [-0.2, -0.15) is 0 Å². The third-order valence-corrected chi connectivity index (χ3v) is 13.3. The molecule has 0 spiro atoms. The number of imidazole rings is 1. The van der Waals surface area contributed by atoms with E-state index in [4.69, 9.17) is 22.9 Å². The van der Waals surface area contributed by atoms with Gasteiger partial charge in [0.1, 0.15) is 42.3 Å². The smallest absolute Gasteiger partial charge is 0.305 e. The van der Waals surface area contributed by atoms with E-state index in [0.29, 0.717) is 49.0 Å². The van der Waals surface area contributed by atoms with Crippen LogP contribution in [0.2, 0.25) is 0 Å². The molecular formula is C57H76N14O10. The number of guanidine groups is 1. The first-order valence-corrected chi connectivity index (χ1v) is 27.0. The van der Waals surface area contributed by atoms with Crippen LogP contribution in [-0.4, -0.2) is 129 Å². The highest BCUT2D eigenvalue weighted by Gasteiger charge is 2.35. The second-order valence-electron chi connectivity index (χ2n) is 20.0. The summed E-state index contributed by atoms with van der Waals surface area (Å²) in [5.41, 5.74) is 24.2. The zero-order valence-corrected chi connectivity index (χ0v) is 46.0. The number of nitrogens with two attached hydrogens (primary N) is 4. The average molecular weight is 1120 g/mol. The van der Waals surface area contributed by atoms with Crippen LogP contribution in [0, 0.1) is 0 Å². The highest BCUT2D eigenvalue weighted by molar-refractivity contribution is 5.99. The molecule has 5 aromatic rings. The van der Waals surface area contributed by atoms with Crippen molar-refractivity contribution in [3.63, 3.8) is 0 Å². The summed E-state index contributed by atoms with van der Waals surface area (Å²) in [4.78, 5) is 132. The van der Waals surface area contributed by atoms with Crippen LogP contribution < -0.4 is 60.2 Å². The van der Waals surface area contributed by atoms with Crippen LogP contribution in [0.5, 0.6) is 0 Å². The Morgan fingerprint density at radius 1 is 0.556 bits per heavy atom. The lowest BCUT2D eigenvalue weighted by molar-refractivity contribution is -0.141. The number of carbonyl (C=O) groups excluding carboxylic acids is 8. The van der Waals surface area contributed by atoms with Gasteiger partial charge in [0.2, 0.25) is 47.3 Å². The Kier molecular flexibility index (Phi) is 24.5. The highest BCUT2D eigenvalue weighted by Crippen LogP contribution is 2.20. The summed E-state index contributed by atoms with van der Waals surface area (Å²) in [6.45, 7) is 3.48. The van der Waals surface area contributed by atoms with Crippen LogP contribution in [-0.2, 0) is 69.5 Å². The maximum absolute atomic E-state index is 15.0. The van der Waals surface area contributed by atoms with E-state index >= 15 is 0 Å². The molecule has 0 aliphatic heterocycles. The fourth-order valence-corrected chi connectivity index (χ4v) is 9.10. The summed E-state index contributed by atoms with van der Waals surface area (Å²) < 4.78 is 1.60. The Morgan fingerprint density at radius 2 is 1.00 bits per heavy atom. The number of aliphatic carboxylic acids is 1. The predicted molar refractivity (Wildman–Crippen MR) is 305 cm³/mol. The standard InChI is InChI=1S/C57H76N14O10/c1-4-5-17-43(64-34(2)72)51(76)70-48(31-49(73)74)56(81)69-47(30-41-32-71(3)33-63-41)55(80)68-46(29-36-21-23-38-14-7-9-16-40(38)27-36)54(79)66-44(19-12-25-62-57(60)61)52(77)67-45(53(78)65-42(50(59)75)18-10-11-24-58)28-35-20-22-37-13-6-8-15-39(37)26-35/h6-9,13-16,20-23,26-27,32-33,42-48H,4-5,10-12,17-19,24-25,28-31,58H2,1-3H3,(H2,59,75)(H,64,72)(H,65,78)(H,66,79)(H,67,77)(H,68,80)(H,69,81)(H,70,76)(H,73,74)(H4,60,61,62)/t42-,43-,44-,45-,46+,47-,48-/m0/s1. The molecule has 1 heterocycles. The molecule has 0 saturated heterocycles. The molecule has 434 valence electrons. The van der Waals surface area contributed by atoms with Crippen LogP contribution >= 0.6 is 0 Å². The van der Waals surface area contributed by atoms with E-state index in [0.717, 1.165) is 21.5 Å². The molecule has 0 unspecified atom stereocenters. The number of carboxylic acid groups (broad SMARTS) is 1. The zero-order valence-electron chi connectivity index (χ0n) is 46.0. The summed E-state index contributed by atoms with van der Waals surface area (Å²) in [7, 11) is 1.68. The first-order valence-electron chi connectivity index (χ1n) is 27.0. The molecule has 24 nitrogen and oxygen atoms in total. The molecule has 0 aliphatic carbocycles. The molecule has 5 rings (SSSR count). The highest BCUT2D eigenvalue weighted by atomic mass is 16.4. The molecule has 0 bridgehead atoms. The predicted octanol–water partition coefficient (Wildman–Crippen LogP) is 0.501. The Bertz CT molecular complexity index is 3030. The van der Waals surface area contributed by atoms with Gasteiger partial charge in [-0.15, -0.1) is 0 Å². The summed E-state index contributed by atoms with van der Waals surface area (Å²) in [5, 5.41) is 32.0. The summed E-state index contributed by atoms with van der Waals surface area (Å²) in [6.07, 6.45) is 4.32. The second-order valence-corrected chi connectivity index (χ2v) is 20.0. The number of nitrogens with zero attached hydrogens (tertiary/aromatic N) is 3. The minimum atomic E-state index is -1.73. The van der Waals surface area contributed by atoms with Gasteiger partial charge < -0.3 is 69.8 Å². The van der Waals surface area contributed by atoms with Gasteiger partial charge in [-0.3, -0.25) is 48.1 Å². The molecule has 0 radical (unpaired) electrons. The second kappa shape index (κ2) is 31.6. The maximum Gasteiger partial charge on any atom is 0.305 e. The number of aryl methyl sites for hydroxylation is 1. The number of primary amides is 1. The Balaban J connectivity index is 1.51. The van der Waals surface area contributed by atoms with Crippen LogP contribution in [0.4, 0.5) is 0 Å². The van der Waals surface area contributed by atoms with E-state index in [1.165, 1.54) is 13.3 Å². The van der Waals surface area contributed by atoms with Gasteiger partial charge in [0.05, 0.1) is 18.4 Å². The van der Waals surface area contributed by atoms with Crippen molar-refractivity contribution >= 4 is 80.7 Å². The first kappa shape index (κ1) is 62.9. The number of nitrogens with one attached hydrogen (secondary N) is 7. The van der Waals surface area contributed by atoms with Crippen molar-refractivity contribution in [2.75, 3.05) is 13.1 Å². The number of fused-ring (bicyclic) bond motifs is 2. The Labute approximate surface area is 469 Å². The molecule has 0 saturated carbocycles. The summed E-state index contributed by atoms with van der Waals surface area (Å²) in [6, 6.07) is 16.3. The van der Waals surface area contributed by atoms with Gasteiger partial charge in [0, 0.05) is 46.0 Å². The van der Waals surface area contributed by atoms with E-state index in [1.807, 2.05) is 79.7 Å². The Hall–Kier alpha value is -8.93. The molecule has 81 heavy (non-hydrogen) atoms. The summed E-state index contributed by atoms with van der Waals surface area (Å²) >= 11 is 0. The van der Waals surface area contributed by atoms with Crippen LogP contribution in [0.1, 0.15) is 88.5 Å². The molecule has 0 fully saturated rings. The lowest BCUT2D eigenvalue weighted by Gasteiger charge is -2.28. The molecule has 7 atom stereocenters. The van der Waals surface area contributed by atoms with Crippen molar-refractivity contribution in [1.29, 1.82) is 0 Å². The number of aromatic nitrogens is 2. The van der Waals surface area contributed by atoms with Crippen LogP contribution in [0.25, 0.3) is 21.5 Å². The molecule has 8 amide bonds. The SMILES string of the molecule is CCCC[C@H](NC(C)=O)C(=O)N[C@@H](CC(=O)O)C(=O)N[C@@H](Cc1cn(C)cn1)C(=O)N[C@H](Cc1ccc2ccccc2c1)C(=O)N[C@@H](CCCN=C(N)N)C(=O)N[C@@H](Cc1ccc2ccccc2c1)C(=O)N[C@@H](CCCCN)C(N)=O. The third-order valence-electron chi connectivity index (χ3n) is 13.3. The van der Waals surface area contributed by atoms with Gasteiger partial charge in [-0.1, -0.05) is 105 Å². The zero-order chi connectivity index (χ0) is 59.0. The van der Waals surface area contributed by atoms with Crippen molar-refractivity contribution in [3.8, 4) is 0 Å². The molecule has 24 heteroatoms. The lowest BCUT2D eigenvalue weighted by atomic mass is 9.99. The van der Waals surface area contributed by atoms with Gasteiger partial charge in [-0.25, -0.2) is 4.98 Å². The molecular weight excluding hydrogens is 1040 g/mol. The number of amides is 8. The topological polar surface area (TPSA) is 392 Å². The number of unbranched alkanes of at least 4 members (excludes halogenated alkanes) is 2. The monoisotopic (exact) mass is 1120 g/mol. The first-order chi connectivity index (χ1) is 38.7. The molecule has 0 aliphatic rings. The quantitative estimate of drug-likeness (QED) is 0.0155. The number of hydrogen-bond acceptors (Lipinski definition) is 12. The van der Waals surface area contributed by atoms with E-state index in [-0.39, 0.29) is 57.5 Å². The number of carbonyl (C=O) groups is 9. The summed E-state index contributed by atoms with van der Waals surface area (Å²) in [5.74, 6) is -8.19. The van der Waals surface area contributed by atoms with Crippen molar-refractivity contribution in [2.24, 2.45) is 35.0 Å². The van der Waals surface area contributed by atoms with E-state index < -0.39 is 102 Å². The van der Waals surface area contributed by atoms with Crippen LogP contribution in [0.3, 0.4) is 0 Å². The number of carboxylic acids is 1. The van der Waals surface area contributed by atoms with Crippen molar-refractivity contribution in [2.45, 2.75) is 133 Å². The number of benzene rings is 4. The number of aliphatic imine (C=N–C) groups is 1.